The number of nitrogens with one attached hydrogen (secondary N) is 1. The van der Waals surface area contributed by atoms with Crippen molar-refractivity contribution in [3.8, 4) is 0 Å². The molecule has 23 heavy (non-hydrogen) atoms. The largest absolute Gasteiger partial charge is 0.467 e. The van der Waals surface area contributed by atoms with Crippen molar-refractivity contribution in [2.75, 3.05) is 12.4 Å². The van der Waals surface area contributed by atoms with Gasteiger partial charge in [0.1, 0.15) is 0 Å². The van der Waals surface area contributed by atoms with Crippen LogP contribution in [0.15, 0.2) is 42.5 Å². The van der Waals surface area contributed by atoms with E-state index in [1.165, 1.54) is 7.11 Å². The van der Waals surface area contributed by atoms with Crippen molar-refractivity contribution in [2.45, 2.75) is 13.0 Å². The molecule has 0 saturated carbocycles. The Morgan fingerprint density at radius 3 is 2.48 bits per heavy atom. The SMILES string of the molecule is COC(=O)[C@H](Nc1ccc(C(N)=O)c(C)c1)c1ccccc1Cl. The lowest BCUT2D eigenvalue weighted by Gasteiger charge is -2.19. The monoisotopic (exact) mass is 332 g/mol. The van der Waals surface area contributed by atoms with Gasteiger partial charge in [-0.25, -0.2) is 4.79 Å². The number of anilines is 1. The lowest BCUT2D eigenvalue weighted by molar-refractivity contribution is -0.141. The van der Waals surface area contributed by atoms with E-state index < -0.39 is 17.9 Å². The van der Waals surface area contributed by atoms with Gasteiger partial charge in [-0.05, 0) is 36.8 Å². The van der Waals surface area contributed by atoms with Gasteiger partial charge >= 0.3 is 5.97 Å². The number of halogens is 1. The summed E-state index contributed by atoms with van der Waals surface area (Å²) in [6.45, 7) is 1.77. The van der Waals surface area contributed by atoms with Crippen molar-refractivity contribution in [1.82, 2.24) is 0 Å². The van der Waals surface area contributed by atoms with E-state index in [2.05, 4.69) is 5.32 Å². The van der Waals surface area contributed by atoms with Crippen LogP contribution in [-0.2, 0) is 9.53 Å². The number of rotatable bonds is 5. The molecule has 0 saturated heterocycles. The van der Waals surface area contributed by atoms with Gasteiger partial charge in [-0.2, -0.15) is 0 Å². The number of hydrogen-bond donors (Lipinski definition) is 2. The standard InChI is InChI=1S/C17H17ClN2O3/c1-10-9-11(7-8-12(10)16(19)21)20-15(17(22)23-2)13-5-3-4-6-14(13)18/h3-9,15,20H,1-2H3,(H2,19,21)/t15-/m1/s1. The molecule has 6 heteroatoms. The number of esters is 1. The fourth-order valence-electron chi connectivity index (χ4n) is 2.29. The summed E-state index contributed by atoms with van der Waals surface area (Å²) in [6.07, 6.45) is 0. The third-order valence-corrected chi connectivity index (χ3v) is 3.80. The van der Waals surface area contributed by atoms with Gasteiger partial charge in [0.2, 0.25) is 5.91 Å². The van der Waals surface area contributed by atoms with Gasteiger partial charge in [0.15, 0.2) is 6.04 Å². The van der Waals surface area contributed by atoms with Crippen molar-refractivity contribution in [3.63, 3.8) is 0 Å². The van der Waals surface area contributed by atoms with Crippen LogP contribution in [0.5, 0.6) is 0 Å². The molecule has 0 bridgehead atoms. The molecule has 0 fully saturated rings. The van der Waals surface area contributed by atoms with E-state index in [1.807, 2.05) is 0 Å². The molecule has 0 heterocycles. The van der Waals surface area contributed by atoms with Gasteiger partial charge in [0.25, 0.3) is 0 Å². The van der Waals surface area contributed by atoms with Crippen molar-refractivity contribution in [3.05, 3.63) is 64.2 Å². The zero-order valence-corrected chi connectivity index (χ0v) is 13.6. The topological polar surface area (TPSA) is 81.4 Å². The van der Waals surface area contributed by atoms with Crippen LogP contribution in [0.25, 0.3) is 0 Å². The molecule has 0 aliphatic rings. The summed E-state index contributed by atoms with van der Waals surface area (Å²) in [5.41, 5.74) is 7.71. The van der Waals surface area contributed by atoms with E-state index in [9.17, 15) is 9.59 Å². The zero-order chi connectivity index (χ0) is 17.0. The van der Waals surface area contributed by atoms with E-state index in [1.54, 1.807) is 49.4 Å². The smallest absolute Gasteiger partial charge is 0.333 e. The van der Waals surface area contributed by atoms with Crippen LogP contribution in [-0.4, -0.2) is 19.0 Å². The maximum Gasteiger partial charge on any atom is 0.333 e. The molecule has 2 rings (SSSR count). The van der Waals surface area contributed by atoms with Crippen LogP contribution in [0.1, 0.15) is 27.5 Å². The number of ether oxygens (including phenoxy) is 1. The Kier molecular flexibility index (Phi) is 5.24. The molecular formula is C17H17ClN2O3. The highest BCUT2D eigenvalue weighted by Gasteiger charge is 2.23. The fourth-order valence-corrected chi connectivity index (χ4v) is 2.53. The minimum atomic E-state index is -0.757. The summed E-state index contributed by atoms with van der Waals surface area (Å²) >= 11 is 6.18. The van der Waals surface area contributed by atoms with Gasteiger partial charge in [0, 0.05) is 21.8 Å². The second-order valence-corrected chi connectivity index (χ2v) is 5.42. The number of carbonyl (C=O) groups is 2. The molecule has 0 aliphatic heterocycles. The molecule has 5 nitrogen and oxygen atoms in total. The quantitative estimate of drug-likeness (QED) is 0.824. The maximum absolute atomic E-state index is 12.1. The summed E-state index contributed by atoms with van der Waals surface area (Å²) in [7, 11) is 1.31. The molecule has 1 atom stereocenters. The Hall–Kier alpha value is -2.53. The second kappa shape index (κ2) is 7.15. The van der Waals surface area contributed by atoms with Crippen molar-refractivity contribution in [1.29, 1.82) is 0 Å². The number of aryl methyl sites for hydroxylation is 1. The van der Waals surface area contributed by atoms with Crippen LogP contribution in [0.4, 0.5) is 5.69 Å². The molecule has 3 N–H and O–H groups in total. The molecule has 120 valence electrons. The van der Waals surface area contributed by atoms with Crippen LogP contribution >= 0.6 is 11.6 Å². The van der Waals surface area contributed by atoms with Crippen LogP contribution in [0.2, 0.25) is 5.02 Å². The van der Waals surface area contributed by atoms with Crippen LogP contribution in [0.3, 0.4) is 0 Å². The first-order valence-electron chi connectivity index (χ1n) is 6.93. The number of hydrogen-bond acceptors (Lipinski definition) is 4. The number of amides is 1. The Bertz CT molecular complexity index is 746. The number of benzene rings is 2. The average Bonchev–Trinajstić information content (AvgIpc) is 2.52. The molecule has 0 aliphatic carbocycles. The number of carbonyl (C=O) groups excluding carboxylic acids is 2. The first kappa shape index (κ1) is 16.8. The maximum atomic E-state index is 12.1. The Balaban J connectivity index is 2.36. The minimum Gasteiger partial charge on any atom is -0.467 e. The highest BCUT2D eigenvalue weighted by molar-refractivity contribution is 6.31. The van der Waals surface area contributed by atoms with Crippen molar-refractivity contribution < 1.29 is 14.3 Å². The molecule has 0 aromatic heterocycles. The summed E-state index contributed by atoms with van der Waals surface area (Å²) < 4.78 is 4.85. The third-order valence-electron chi connectivity index (χ3n) is 3.46. The average molecular weight is 333 g/mol. The van der Waals surface area contributed by atoms with Gasteiger partial charge in [-0.1, -0.05) is 29.8 Å². The Morgan fingerprint density at radius 2 is 1.91 bits per heavy atom. The lowest BCUT2D eigenvalue weighted by Crippen LogP contribution is -2.23. The molecule has 1 amide bonds. The number of nitrogens with two attached hydrogens (primary N) is 1. The summed E-state index contributed by atoms with van der Waals surface area (Å²) in [6, 6.07) is 11.3. The first-order chi connectivity index (χ1) is 10.9. The van der Waals surface area contributed by atoms with E-state index in [0.717, 1.165) is 0 Å². The van der Waals surface area contributed by atoms with Gasteiger partial charge in [-0.3, -0.25) is 4.79 Å². The van der Waals surface area contributed by atoms with E-state index in [4.69, 9.17) is 22.1 Å². The van der Waals surface area contributed by atoms with Gasteiger partial charge in [0.05, 0.1) is 7.11 Å². The molecule has 0 radical (unpaired) electrons. The van der Waals surface area contributed by atoms with Crippen LogP contribution < -0.4 is 11.1 Å². The summed E-state index contributed by atoms with van der Waals surface area (Å²) in [5.74, 6) is -0.959. The molecule has 0 unspecified atom stereocenters. The minimum absolute atomic E-state index is 0.433. The first-order valence-corrected chi connectivity index (χ1v) is 7.31. The van der Waals surface area contributed by atoms with Crippen molar-refractivity contribution in [2.24, 2.45) is 5.73 Å². The number of primary amides is 1. The van der Waals surface area contributed by atoms with Crippen LogP contribution in [0, 0.1) is 6.92 Å². The lowest BCUT2D eigenvalue weighted by atomic mass is 10.0. The Morgan fingerprint density at radius 1 is 1.22 bits per heavy atom. The van der Waals surface area contributed by atoms with Gasteiger partial charge < -0.3 is 15.8 Å². The molecule has 2 aromatic rings. The van der Waals surface area contributed by atoms with E-state index in [0.29, 0.717) is 27.4 Å². The van der Waals surface area contributed by atoms with Crippen molar-refractivity contribution >= 4 is 29.2 Å². The molecule has 2 aromatic carbocycles. The normalized spacial score (nSPS) is 11.6. The second-order valence-electron chi connectivity index (χ2n) is 5.02. The fraction of sp³-hybridized carbons (Fsp3) is 0.176. The Labute approximate surface area is 139 Å². The zero-order valence-electron chi connectivity index (χ0n) is 12.8. The highest BCUT2D eigenvalue weighted by atomic mass is 35.5. The van der Waals surface area contributed by atoms with Gasteiger partial charge in [-0.15, -0.1) is 0 Å². The predicted octanol–water partition coefficient (Wildman–Crippen LogP) is 3.07. The molecule has 0 spiro atoms. The highest BCUT2D eigenvalue weighted by Crippen LogP contribution is 2.28. The molecular weight excluding hydrogens is 316 g/mol. The number of methoxy groups -OCH3 is 1. The third kappa shape index (κ3) is 3.81. The van der Waals surface area contributed by atoms with E-state index >= 15 is 0 Å². The summed E-state index contributed by atoms with van der Waals surface area (Å²) in [5, 5.41) is 3.54. The summed E-state index contributed by atoms with van der Waals surface area (Å²) in [4.78, 5) is 23.4. The predicted molar refractivity (Wildman–Crippen MR) is 89.5 cm³/mol. The van der Waals surface area contributed by atoms with E-state index in [-0.39, 0.29) is 0 Å².